The monoisotopic (exact) mass is 280 g/mol. The summed E-state index contributed by atoms with van der Waals surface area (Å²) < 4.78 is 1.84. The van der Waals surface area contributed by atoms with E-state index >= 15 is 0 Å². The Kier molecular flexibility index (Phi) is 5.14. The van der Waals surface area contributed by atoms with Crippen LogP contribution in [0.3, 0.4) is 0 Å². The molecule has 4 N–H and O–H groups in total. The Morgan fingerprint density at radius 3 is 3.20 bits per heavy atom. The van der Waals surface area contributed by atoms with Gasteiger partial charge in [0.1, 0.15) is 0 Å². The van der Waals surface area contributed by atoms with Crippen molar-refractivity contribution in [2.24, 2.45) is 11.7 Å². The average Bonchev–Trinajstić information content (AvgIpc) is 2.83. The number of aliphatic hydroxyl groups is 1. The number of nitrogens with one attached hydrogen (secondary N) is 1. The first kappa shape index (κ1) is 15.0. The van der Waals surface area contributed by atoms with Crippen molar-refractivity contribution in [3.05, 3.63) is 17.5 Å². The maximum atomic E-state index is 12.0. The van der Waals surface area contributed by atoms with Gasteiger partial charge < -0.3 is 16.2 Å². The van der Waals surface area contributed by atoms with Crippen molar-refractivity contribution >= 4 is 5.91 Å². The predicted molar refractivity (Wildman–Crippen MR) is 76.0 cm³/mol. The first-order valence-electron chi connectivity index (χ1n) is 7.30. The highest BCUT2D eigenvalue weighted by atomic mass is 16.3. The molecule has 1 heterocycles. The fraction of sp³-hybridized carbons (Fsp3) is 0.714. The van der Waals surface area contributed by atoms with Crippen LogP contribution in [0.15, 0.2) is 6.20 Å². The van der Waals surface area contributed by atoms with Crippen molar-refractivity contribution in [1.82, 2.24) is 15.1 Å². The van der Waals surface area contributed by atoms with E-state index in [0.717, 1.165) is 30.5 Å². The van der Waals surface area contributed by atoms with Gasteiger partial charge in [-0.1, -0.05) is 6.92 Å². The second-order valence-electron chi connectivity index (χ2n) is 5.55. The SMILES string of the molecule is CC(CN)CC(=O)NC1CCCc2c1cnn2CCO. The van der Waals surface area contributed by atoms with Gasteiger partial charge in [-0.05, 0) is 31.7 Å². The van der Waals surface area contributed by atoms with Crippen molar-refractivity contribution in [1.29, 1.82) is 0 Å². The van der Waals surface area contributed by atoms with Crippen LogP contribution in [-0.2, 0) is 17.8 Å². The smallest absolute Gasteiger partial charge is 0.220 e. The molecule has 1 aromatic heterocycles. The van der Waals surface area contributed by atoms with Crippen LogP contribution in [-0.4, -0.2) is 33.9 Å². The van der Waals surface area contributed by atoms with Crippen LogP contribution in [0.25, 0.3) is 0 Å². The van der Waals surface area contributed by atoms with E-state index in [2.05, 4.69) is 10.4 Å². The van der Waals surface area contributed by atoms with Gasteiger partial charge in [-0.2, -0.15) is 5.10 Å². The maximum Gasteiger partial charge on any atom is 0.220 e. The number of rotatable bonds is 6. The quantitative estimate of drug-likeness (QED) is 0.701. The molecule has 2 atom stereocenters. The highest BCUT2D eigenvalue weighted by molar-refractivity contribution is 5.76. The van der Waals surface area contributed by atoms with Crippen molar-refractivity contribution in [2.75, 3.05) is 13.2 Å². The zero-order valence-electron chi connectivity index (χ0n) is 12.0. The van der Waals surface area contributed by atoms with E-state index in [1.165, 1.54) is 0 Å². The molecule has 1 amide bonds. The van der Waals surface area contributed by atoms with Gasteiger partial charge in [0.15, 0.2) is 0 Å². The summed E-state index contributed by atoms with van der Waals surface area (Å²) in [6.07, 6.45) is 5.22. The molecule has 20 heavy (non-hydrogen) atoms. The molecule has 2 rings (SSSR count). The summed E-state index contributed by atoms with van der Waals surface area (Å²) in [5.74, 6) is 0.255. The zero-order chi connectivity index (χ0) is 14.5. The highest BCUT2D eigenvalue weighted by Gasteiger charge is 2.25. The van der Waals surface area contributed by atoms with E-state index in [-0.39, 0.29) is 24.5 Å². The molecule has 6 heteroatoms. The third-order valence-electron chi connectivity index (χ3n) is 3.85. The van der Waals surface area contributed by atoms with Crippen LogP contribution < -0.4 is 11.1 Å². The molecule has 6 nitrogen and oxygen atoms in total. The van der Waals surface area contributed by atoms with Gasteiger partial charge in [-0.15, -0.1) is 0 Å². The maximum absolute atomic E-state index is 12.0. The lowest BCUT2D eigenvalue weighted by molar-refractivity contribution is -0.122. The number of amides is 1. The second-order valence-corrected chi connectivity index (χ2v) is 5.55. The van der Waals surface area contributed by atoms with Crippen LogP contribution in [0.5, 0.6) is 0 Å². The lowest BCUT2D eigenvalue weighted by atomic mass is 9.92. The van der Waals surface area contributed by atoms with E-state index in [0.29, 0.717) is 19.5 Å². The number of hydrogen-bond acceptors (Lipinski definition) is 4. The van der Waals surface area contributed by atoms with Gasteiger partial charge in [0, 0.05) is 17.7 Å². The lowest BCUT2D eigenvalue weighted by Crippen LogP contribution is -2.32. The van der Waals surface area contributed by atoms with E-state index < -0.39 is 0 Å². The normalized spacial score (nSPS) is 19.4. The van der Waals surface area contributed by atoms with Gasteiger partial charge in [-0.3, -0.25) is 9.48 Å². The molecular formula is C14H24N4O2. The Bertz CT molecular complexity index is 458. The van der Waals surface area contributed by atoms with Gasteiger partial charge >= 0.3 is 0 Å². The fourth-order valence-electron chi connectivity index (χ4n) is 2.71. The Morgan fingerprint density at radius 2 is 2.50 bits per heavy atom. The number of nitrogens with zero attached hydrogens (tertiary/aromatic N) is 2. The van der Waals surface area contributed by atoms with Crippen LogP contribution in [0.4, 0.5) is 0 Å². The second kappa shape index (κ2) is 6.85. The van der Waals surface area contributed by atoms with Gasteiger partial charge in [0.2, 0.25) is 5.91 Å². The molecule has 0 aliphatic heterocycles. The van der Waals surface area contributed by atoms with E-state index in [4.69, 9.17) is 10.8 Å². The Hall–Kier alpha value is -1.40. The number of fused-ring (bicyclic) bond motifs is 1. The summed E-state index contributed by atoms with van der Waals surface area (Å²) in [7, 11) is 0. The third-order valence-corrected chi connectivity index (χ3v) is 3.85. The summed E-state index contributed by atoms with van der Waals surface area (Å²) >= 11 is 0. The molecule has 0 bridgehead atoms. The molecule has 112 valence electrons. The minimum Gasteiger partial charge on any atom is -0.394 e. The molecule has 0 fully saturated rings. The summed E-state index contributed by atoms with van der Waals surface area (Å²) in [6.45, 7) is 3.10. The number of aliphatic hydroxyl groups excluding tert-OH is 1. The number of aromatic nitrogens is 2. The Balaban J connectivity index is 2.03. The summed E-state index contributed by atoms with van der Waals surface area (Å²) in [4.78, 5) is 12.0. The molecule has 0 spiro atoms. The highest BCUT2D eigenvalue weighted by Crippen LogP contribution is 2.29. The summed E-state index contributed by atoms with van der Waals surface area (Å²) in [5.41, 5.74) is 7.79. The van der Waals surface area contributed by atoms with Crippen molar-refractivity contribution in [2.45, 2.75) is 45.2 Å². The number of carbonyl (C=O) groups excluding carboxylic acids is 1. The molecule has 2 unspecified atom stereocenters. The molecule has 1 aliphatic carbocycles. The van der Waals surface area contributed by atoms with Gasteiger partial charge in [0.05, 0.1) is 25.4 Å². The van der Waals surface area contributed by atoms with Crippen molar-refractivity contribution in [3.8, 4) is 0 Å². The van der Waals surface area contributed by atoms with E-state index in [1.54, 1.807) is 0 Å². The third kappa shape index (κ3) is 3.37. The molecule has 0 radical (unpaired) electrons. The van der Waals surface area contributed by atoms with E-state index in [1.807, 2.05) is 17.8 Å². The summed E-state index contributed by atoms with van der Waals surface area (Å²) in [5, 5.41) is 16.4. The average molecular weight is 280 g/mol. The van der Waals surface area contributed by atoms with Crippen LogP contribution in [0.2, 0.25) is 0 Å². The van der Waals surface area contributed by atoms with E-state index in [9.17, 15) is 4.79 Å². The number of hydrogen-bond donors (Lipinski definition) is 3. The molecular weight excluding hydrogens is 256 g/mol. The topological polar surface area (TPSA) is 93.2 Å². The first-order valence-corrected chi connectivity index (χ1v) is 7.30. The van der Waals surface area contributed by atoms with Gasteiger partial charge in [-0.25, -0.2) is 0 Å². The van der Waals surface area contributed by atoms with Crippen LogP contribution in [0.1, 0.15) is 43.5 Å². The summed E-state index contributed by atoms with van der Waals surface area (Å²) in [6, 6.07) is 0.0451. The van der Waals surface area contributed by atoms with Crippen molar-refractivity contribution in [3.63, 3.8) is 0 Å². The molecule has 0 saturated heterocycles. The molecule has 1 aromatic rings. The standard InChI is InChI=1S/C14H24N4O2/c1-10(8-15)7-14(20)17-12-3-2-4-13-11(12)9-16-18(13)5-6-19/h9-10,12,19H,2-8,15H2,1H3,(H,17,20). The lowest BCUT2D eigenvalue weighted by Gasteiger charge is -2.24. The molecule has 0 saturated carbocycles. The number of nitrogens with two attached hydrogens (primary N) is 1. The van der Waals surface area contributed by atoms with Crippen LogP contribution in [0, 0.1) is 5.92 Å². The zero-order valence-corrected chi connectivity index (χ0v) is 12.0. The molecule has 1 aliphatic rings. The Labute approximate surface area is 119 Å². The minimum atomic E-state index is 0.0451. The minimum absolute atomic E-state index is 0.0451. The number of carbonyl (C=O) groups is 1. The molecule has 0 aromatic carbocycles. The van der Waals surface area contributed by atoms with Crippen molar-refractivity contribution < 1.29 is 9.90 Å². The first-order chi connectivity index (χ1) is 9.65. The largest absolute Gasteiger partial charge is 0.394 e. The Morgan fingerprint density at radius 1 is 1.70 bits per heavy atom. The fourth-order valence-corrected chi connectivity index (χ4v) is 2.71. The van der Waals surface area contributed by atoms with Crippen LogP contribution >= 0.6 is 0 Å². The van der Waals surface area contributed by atoms with Gasteiger partial charge in [0.25, 0.3) is 0 Å². The predicted octanol–water partition coefficient (Wildman–Crippen LogP) is 0.354.